The topological polar surface area (TPSA) is 37.8 Å². The van der Waals surface area contributed by atoms with Gasteiger partial charge < -0.3 is 5.32 Å². The van der Waals surface area contributed by atoms with Crippen molar-refractivity contribution < 1.29 is 0 Å². The maximum Gasteiger partial charge on any atom is 0.129 e. The summed E-state index contributed by atoms with van der Waals surface area (Å²) < 4.78 is 0.832. The number of nitrogens with one attached hydrogen (secondary N) is 1. The molecule has 0 atom stereocenters. The number of aryl methyl sites for hydroxylation is 1. The Hall–Kier alpha value is -0.940. The summed E-state index contributed by atoms with van der Waals surface area (Å²) in [4.78, 5) is 8.51. The minimum atomic E-state index is 0.739. The van der Waals surface area contributed by atoms with Crippen molar-refractivity contribution in [3.05, 3.63) is 39.0 Å². The van der Waals surface area contributed by atoms with Crippen LogP contribution in [0.15, 0.2) is 28.3 Å². The zero-order chi connectivity index (χ0) is 10.7. The predicted molar refractivity (Wildman–Crippen MR) is 66.1 cm³/mol. The molecule has 2 rings (SSSR count). The maximum atomic E-state index is 4.38. The molecule has 78 valence electrons. The molecule has 0 aliphatic heterocycles. The van der Waals surface area contributed by atoms with Crippen molar-refractivity contribution in [1.29, 1.82) is 0 Å². The summed E-state index contributed by atoms with van der Waals surface area (Å²) in [6.07, 6.45) is 1.75. The summed E-state index contributed by atoms with van der Waals surface area (Å²) in [7, 11) is 0. The number of hydrogen-bond acceptors (Lipinski definition) is 4. The lowest BCUT2D eigenvalue weighted by Crippen LogP contribution is -2.00. The highest BCUT2D eigenvalue weighted by atomic mass is 79.9. The van der Waals surface area contributed by atoms with E-state index in [1.807, 2.05) is 19.1 Å². The molecule has 2 aromatic heterocycles. The highest BCUT2D eigenvalue weighted by molar-refractivity contribution is 9.10. The summed E-state index contributed by atoms with van der Waals surface area (Å²) in [6, 6.07) is 3.89. The number of hydrogen-bond donors (Lipinski definition) is 1. The second-order valence-electron chi connectivity index (χ2n) is 3.08. The van der Waals surface area contributed by atoms with E-state index in [1.54, 1.807) is 17.5 Å². The van der Waals surface area contributed by atoms with Crippen molar-refractivity contribution in [3.8, 4) is 0 Å². The van der Waals surface area contributed by atoms with Gasteiger partial charge in [0.05, 0.1) is 12.2 Å². The van der Waals surface area contributed by atoms with Crippen LogP contribution >= 0.6 is 27.3 Å². The lowest BCUT2D eigenvalue weighted by Gasteiger charge is -2.04. The molecule has 0 fully saturated rings. The minimum absolute atomic E-state index is 0.739. The quantitative estimate of drug-likeness (QED) is 0.879. The van der Waals surface area contributed by atoms with E-state index >= 15 is 0 Å². The third kappa shape index (κ3) is 2.76. The zero-order valence-electron chi connectivity index (χ0n) is 8.20. The number of halogens is 1. The first-order valence-electron chi connectivity index (χ1n) is 4.51. The monoisotopic (exact) mass is 283 g/mol. The minimum Gasteiger partial charge on any atom is -0.376 e. The van der Waals surface area contributed by atoms with Gasteiger partial charge in [-0.05, 0) is 35.0 Å². The van der Waals surface area contributed by atoms with E-state index in [-0.39, 0.29) is 0 Å². The molecule has 0 saturated carbocycles. The van der Waals surface area contributed by atoms with Gasteiger partial charge in [-0.15, -0.1) is 11.3 Å². The number of nitrogens with zero attached hydrogens (tertiary/aromatic N) is 2. The zero-order valence-corrected chi connectivity index (χ0v) is 10.6. The van der Waals surface area contributed by atoms with Crippen LogP contribution in [0.2, 0.25) is 0 Å². The van der Waals surface area contributed by atoms with E-state index in [1.165, 1.54) is 0 Å². The van der Waals surface area contributed by atoms with E-state index in [0.717, 1.165) is 27.5 Å². The van der Waals surface area contributed by atoms with Gasteiger partial charge in [0.25, 0.3) is 0 Å². The Morgan fingerprint density at radius 1 is 1.53 bits per heavy atom. The molecule has 0 saturated heterocycles. The van der Waals surface area contributed by atoms with Crippen LogP contribution in [0.1, 0.15) is 10.7 Å². The Morgan fingerprint density at radius 2 is 2.40 bits per heavy atom. The number of rotatable bonds is 3. The molecule has 0 radical (unpaired) electrons. The molecule has 0 aliphatic rings. The van der Waals surface area contributed by atoms with Gasteiger partial charge in [0, 0.05) is 17.3 Å². The van der Waals surface area contributed by atoms with Crippen LogP contribution in [0.5, 0.6) is 0 Å². The van der Waals surface area contributed by atoms with Crippen LogP contribution in [-0.2, 0) is 6.54 Å². The average molecular weight is 284 g/mol. The highest BCUT2D eigenvalue weighted by Crippen LogP contribution is 2.19. The molecule has 1 N–H and O–H groups in total. The molecular formula is C10H10BrN3S. The van der Waals surface area contributed by atoms with Gasteiger partial charge in [-0.2, -0.15) is 0 Å². The first kappa shape index (κ1) is 10.6. The van der Waals surface area contributed by atoms with Crippen molar-refractivity contribution in [2.75, 3.05) is 5.32 Å². The van der Waals surface area contributed by atoms with Gasteiger partial charge in [-0.3, -0.25) is 0 Å². The van der Waals surface area contributed by atoms with Crippen LogP contribution in [-0.4, -0.2) is 9.97 Å². The summed E-state index contributed by atoms with van der Waals surface area (Å²) in [5.41, 5.74) is 2.06. The van der Waals surface area contributed by atoms with Gasteiger partial charge in [0.15, 0.2) is 0 Å². The Labute approximate surface area is 101 Å². The third-order valence-electron chi connectivity index (χ3n) is 1.86. The van der Waals surface area contributed by atoms with Crippen molar-refractivity contribution >= 4 is 33.0 Å². The molecule has 0 unspecified atom stereocenters. The first-order chi connectivity index (χ1) is 7.25. The second-order valence-corrected chi connectivity index (χ2v) is 4.77. The molecule has 2 heterocycles. The van der Waals surface area contributed by atoms with Crippen LogP contribution in [0.25, 0.3) is 0 Å². The van der Waals surface area contributed by atoms with Gasteiger partial charge in [-0.1, -0.05) is 0 Å². The van der Waals surface area contributed by atoms with E-state index in [9.17, 15) is 0 Å². The van der Waals surface area contributed by atoms with Crippen molar-refractivity contribution in [2.45, 2.75) is 13.5 Å². The Bertz CT molecular complexity index is 455. The first-order valence-corrected chi connectivity index (χ1v) is 6.18. The normalized spacial score (nSPS) is 10.3. The van der Waals surface area contributed by atoms with Gasteiger partial charge in [-0.25, -0.2) is 9.97 Å². The fourth-order valence-corrected chi connectivity index (χ4v) is 2.27. The maximum absolute atomic E-state index is 4.38. The van der Waals surface area contributed by atoms with Crippen LogP contribution in [0.4, 0.5) is 5.69 Å². The average Bonchev–Trinajstić information content (AvgIpc) is 2.63. The summed E-state index contributed by atoms with van der Waals surface area (Å²) >= 11 is 5.05. The molecule has 5 heteroatoms. The van der Waals surface area contributed by atoms with Crippen LogP contribution < -0.4 is 5.32 Å². The molecule has 0 aromatic carbocycles. The molecule has 0 spiro atoms. The number of thiazole rings is 1. The van der Waals surface area contributed by atoms with E-state index in [4.69, 9.17) is 0 Å². The smallest absolute Gasteiger partial charge is 0.129 e. The molecule has 0 bridgehead atoms. The molecule has 3 nitrogen and oxygen atoms in total. The Morgan fingerprint density at radius 3 is 3.07 bits per heavy atom. The lowest BCUT2D eigenvalue weighted by atomic mass is 10.4. The van der Waals surface area contributed by atoms with Crippen LogP contribution in [0, 0.1) is 6.92 Å². The third-order valence-corrected chi connectivity index (χ3v) is 3.45. The van der Waals surface area contributed by atoms with Crippen LogP contribution in [0.3, 0.4) is 0 Å². The fourth-order valence-electron chi connectivity index (χ4n) is 1.17. The van der Waals surface area contributed by atoms with E-state index < -0.39 is 0 Å². The molecule has 0 amide bonds. The van der Waals surface area contributed by atoms with E-state index in [0.29, 0.717) is 0 Å². The standard InChI is InChI=1S/C10H10BrN3S/c1-7-6-15-9(14-7)5-13-8-3-2-4-12-10(8)11/h2-4,6,13H,5H2,1H3. The largest absolute Gasteiger partial charge is 0.376 e. The fraction of sp³-hybridized carbons (Fsp3) is 0.200. The predicted octanol–water partition coefficient (Wildman–Crippen LogP) is 3.22. The van der Waals surface area contributed by atoms with Gasteiger partial charge in [0.1, 0.15) is 9.61 Å². The SMILES string of the molecule is Cc1csc(CNc2cccnc2Br)n1. The second kappa shape index (κ2) is 4.72. The van der Waals surface area contributed by atoms with Crippen molar-refractivity contribution in [2.24, 2.45) is 0 Å². The number of pyridine rings is 1. The molecule has 2 aromatic rings. The highest BCUT2D eigenvalue weighted by Gasteiger charge is 2.01. The molecule has 0 aliphatic carbocycles. The summed E-state index contributed by atoms with van der Waals surface area (Å²) in [5, 5.41) is 6.42. The number of anilines is 1. The summed E-state index contributed by atoms with van der Waals surface area (Å²) in [5.74, 6) is 0. The Balaban J connectivity index is 2.02. The van der Waals surface area contributed by atoms with Gasteiger partial charge >= 0.3 is 0 Å². The van der Waals surface area contributed by atoms with Gasteiger partial charge in [0.2, 0.25) is 0 Å². The van der Waals surface area contributed by atoms with E-state index in [2.05, 4.69) is 36.6 Å². The molecular weight excluding hydrogens is 274 g/mol. The number of aromatic nitrogens is 2. The molecule has 15 heavy (non-hydrogen) atoms. The Kier molecular flexibility index (Phi) is 3.33. The van der Waals surface area contributed by atoms with Crippen molar-refractivity contribution in [1.82, 2.24) is 9.97 Å². The summed E-state index contributed by atoms with van der Waals surface area (Å²) in [6.45, 7) is 2.74. The lowest BCUT2D eigenvalue weighted by molar-refractivity contribution is 1.07. The van der Waals surface area contributed by atoms with Crippen molar-refractivity contribution in [3.63, 3.8) is 0 Å².